The Bertz CT molecular complexity index is 859. The second kappa shape index (κ2) is 9.17. The van der Waals surface area contributed by atoms with E-state index in [2.05, 4.69) is 16.3 Å². The summed E-state index contributed by atoms with van der Waals surface area (Å²) in [4.78, 5) is 16.3. The van der Waals surface area contributed by atoms with Crippen LogP contribution in [-0.4, -0.2) is 57.3 Å². The molecule has 6 nitrogen and oxygen atoms in total. The van der Waals surface area contributed by atoms with Crippen molar-refractivity contribution in [2.45, 2.75) is 23.8 Å². The molecule has 1 amide bonds. The van der Waals surface area contributed by atoms with Crippen LogP contribution in [0.4, 0.5) is 0 Å². The number of nitrogens with zero attached hydrogens (tertiary/aromatic N) is 2. The molecule has 0 spiro atoms. The highest BCUT2D eigenvalue weighted by Gasteiger charge is 2.32. The topological polar surface area (TPSA) is 69.7 Å². The summed E-state index contributed by atoms with van der Waals surface area (Å²) in [6.07, 6.45) is 1.09. The molecule has 1 aromatic heterocycles. The number of thiophene rings is 1. The van der Waals surface area contributed by atoms with Gasteiger partial charge in [-0.3, -0.25) is 4.79 Å². The van der Waals surface area contributed by atoms with Crippen molar-refractivity contribution in [1.82, 2.24) is 14.5 Å². The number of carbonyl (C=O) groups excluding carboxylic acids is 1. The molecule has 1 aliphatic heterocycles. The zero-order chi connectivity index (χ0) is 20.1. The van der Waals surface area contributed by atoms with Crippen LogP contribution in [0.3, 0.4) is 0 Å². The maximum atomic E-state index is 12.7. The van der Waals surface area contributed by atoms with Crippen LogP contribution < -0.4 is 5.32 Å². The molecule has 0 saturated carbocycles. The summed E-state index contributed by atoms with van der Waals surface area (Å²) in [5.41, 5.74) is 0. The Kier molecular flexibility index (Phi) is 6.87. The van der Waals surface area contributed by atoms with E-state index < -0.39 is 10.0 Å². The highest BCUT2D eigenvalue weighted by Crippen LogP contribution is 2.25. The van der Waals surface area contributed by atoms with E-state index in [1.807, 2.05) is 25.5 Å². The van der Waals surface area contributed by atoms with Crippen LogP contribution in [0, 0.1) is 5.92 Å². The van der Waals surface area contributed by atoms with E-state index >= 15 is 0 Å². The summed E-state index contributed by atoms with van der Waals surface area (Å²) in [6.45, 7) is 1.30. The first-order chi connectivity index (χ1) is 13.4. The van der Waals surface area contributed by atoms with Gasteiger partial charge in [0.1, 0.15) is 0 Å². The first kappa shape index (κ1) is 21.0. The predicted molar refractivity (Wildman–Crippen MR) is 112 cm³/mol. The van der Waals surface area contributed by atoms with E-state index in [0.717, 1.165) is 0 Å². The summed E-state index contributed by atoms with van der Waals surface area (Å²) in [5, 5.41) is 5.10. The molecule has 1 N–H and O–H groups in total. The average molecular weight is 422 g/mol. The van der Waals surface area contributed by atoms with Crippen molar-refractivity contribution in [3.63, 3.8) is 0 Å². The van der Waals surface area contributed by atoms with Gasteiger partial charge in [-0.2, -0.15) is 4.31 Å². The van der Waals surface area contributed by atoms with Gasteiger partial charge in [-0.25, -0.2) is 8.42 Å². The molecule has 0 radical (unpaired) electrons. The van der Waals surface area contributed by atoms with Gasteiger partial charge in [0.15, 0.2) is 0 Å². The number of sulfonamides is 1. The van der Waals surface area contributed by atoms with Gasteiger partial charge in [-0.1, -0.05) is 24.3 Å². The maximum absolute atomic E-state index is 12.7. The number of piperidine rings is 1. The Hall–Kier alpha value is -1.74. The van der Waals surface area contributed by atoms with Crippen molar-refractivity contribution in [2.24, 2.45) is 5.92 Å². The standard InChI is InChI=1S/C20H27N3O3S2/c1-22(2)18(19-9-6-14-27-19)15-21-20(24)16-10-12-23(13-11-16)28(25,26)17-7-4-3-5-8-17/h3-9,14,16,18H,10-13,15H2,1-2H3,(H,21,24)/t18-/m1/s1. The summed E-state index contributed by atoms with van der Waals surface area (Å²) >= 11 is 1.68. The molecule has 3 rings (SSSR count). The van der Waals surface area contributed by atoms with E-state index in [0.29, 0.717) is 37.4 Å². The fourth-order valence-corrected chi connectivity index (χ4v) is 5.87. The Labute approximate surface area is 171 Å². The summed E-state index contributed by atoms with van der Waals surface area (Å²) < 4.78 is 26.9. The van der Waals surface area contributed by atoms with Gasteiger partial charge in [0, 0.05) is 30.4 Å². The van der Waals surface area contributed by atoms with Gasteiger partial charge in [-0.15, -0.1) is 11.3 Å². The van der Waals surface area contributed by atoms with E-state index in [1.54, 1.807) is 41.7 Å². The minimum atomic E-state index is -3.48. The predicted octanol–water partition coefficient (Wildman–Crippen LogP) is 2.57. The number of rotatable bonds is 7. The normalized spacial score (nSPS) is 17.5. The Morgan fingerprint density at radius 2 is 1.86 bits per heavy atom. The molecule has 1 aliphatic rings. The quantitative estimate of drug-likeness (QED) is 0.746. The van der Waals surface area contributed by atoms with E-state index in [1.165, 1.54) is 9.18 Å². The molecule has 1 fully saturated rings. The first-order valence-corrected chi connectivity index (χ1v) is 11.7. The van der Waals surface area contributed by atoms with Crippen molar-refractivity contribution in [3.05, 3.63) is 52.7 Å². The van der Waals surface area contributed by atoms with Crippen molar-refractivity contribution in [3.8, 4) is 0 Å². The Morgan fingerprint density at radius 1 is 1.18 bits per heavy atom. The molecular weight excluding hydrogens is 394 g/mol. The number of hydrogen-bond acceptors (Lipinski definition) is 5. The number of benzene rings is 1. The lowest BCUT2D eigenvalue weighted by Gasteiger charge is -2.31. The molecule has 1 atom stereocenters. The second-order valence-electron chi connectivity index (χ2n) is 7.23. The van der Waals surface area contributed by atoms with Gasteiger partial charge in [-0.05, 0) is 50.5 Å². The molecule has 0 bridgehead atoms. The Balaban J connectivity index is 1.54. The third-order valence-corrected chi connectivity index (χ3v) is 8.06. The second-order valence-corrected chi connectivity index (χ2v) is 10.1. The fourth-order valence-electron chi connectivity index (χ4n) is 3.46. The number of amides is 1. The van der Waals surface area contributed by atoms with Gasteiger partial charge < -0.3 is 10.2 Å². The van der Waals surface area contributed by atoms with Crippen molar-refractivity contribution >= 4 is 27.3 Å². The summed E-state index contributed by atoms with van der Waals surface area (Å²) in [5.74, 6) is -0.131. The van der Waals surface area contributed by atoms with Crippen LogP contribution in [0.25, 0.3) is 0 Å². The molecule has 2 heterocycles. The molecule has 1 aromatic carbocycles. The van der Waals surface area contributed by atoms with Gasteiger partial charge in [0.05, 0.1) is 10.9 Å². The van der Waals surface area contributed by atoms with Crippen LogP contribution in [-0.2, 0) is 14.8 Å². The first-order valence-electron chi connectivity index (χ1n) is 9.42. The average Bonchev–Trinajstić information content (AvgIpc) is 3.23. The Morgan fingerprint density at radius 3 is 2.43 bits per heavy atom. The molecule has 0 unspecified atom stereocenters. The SMILES string of the molecule is CN(C)[C@H](CNC(=O)C1CCN(S(=O)(=O)c2ccccc2)CC1)c1cccs1. The maximum Gasteiger partial charge on any atom is 0.243 e. The van der Waals surface area contributed by atoms with E-state index in [4.69, 9.17) is 0 Å². The largest absolute Gasteiger partial charge is 0.354 e. The van der Waals surface area contributed by atoms with Gasteiger partial charge in [0.25, 0.3) is 0 Å². The molecule has 0 aliphatic carbocycles. The highest BCUT2D eigenvalue weighted by molar-refractivity contribution is 7.89. The molecule has 152 valence electrons. The molecule has 28 heavy (non-hydrogen) atoms. The van der Waals surface area contributed by atoms with Gasteiger partial charge >= 0.3 is 0 Å². The van der Waals surface area contributed by atoms with E-state index in [-0.39, 0.29) is 17.9 Å². The highest BCUT2D eigenvalue weighted by atomic mass is 32.2. The molecular formula is C20H27N3O3S2. The molecule has 8 heteroatoms. The monoisotopic (exact) mass is 421 g/mol. The van der Waals surface area contributed by atoms with E-state index in [9.17, 15) is 13.2 Å². The smallest absolute Gasteiger partial charge is 0.243 e. The van der Waals surface area contributed by atoms with Crippen LogP contribution in [0.2, 0.25) is 0 Å². The van der Waals surface area contributed by atoms with Crippen molar-refractivity contribution < 1.29 is 13.2 Å². The lowest BCUT2D eigenvalue weighted by molar-refractivity contribution is -0.126. The van der Waals surface area contributed by atoms with Crippen molar-refractivity contribution in [1.29, 1.82) is 0 Å². The van der Waals surface area contributed by atoms with Crippen LogP contribution in [0.15, 0.2) is 52.7 Å². The van der Waals surface area contributed by atoms with Gasteiger partial charge in [0.2, 0.25) is 15.9 Å². The molecule has 2 aromatic rings. The molecule has 1 saturated heterocycles. The van der Waals surface area contributed by atoms with Crippen molar-refractivity contribution in [2.75, 3.05) is 33.7 Å². The van der Waals surface area contributed by atoms with Crippen LogP contribution in [0.1, 0.15) is 23.8 Å². The lowest BCUT2D eigenvalue weighted by atomic mass is 9.97. The van der Waals surface area contributed by atoms with Crippen LogP contribution >= 0.6 is 11.3 Å². The van der Waals surface area contributed by atoms with Crippen LogP contribution in [0.5, 0.6) is 0 Å². The third-order valence-electron chi connectivity index (χ3n) is 5.17. The number of likely N-dealkylation sites (N-methyl/N-ethyl adjacent to an activating group) is 1. The number of hydrogen-bond donors (Lipinski definition) is 1. The minimum Gasteiger partial charge on any atom is -0.354 e. The summed E-state index contributed by atoms with van der Waals surface area (Å²) in [7, 11) is 0.525. The zero-order valence-electron chi connectivity index (χ0n) is 16.2. The third kappa shape index (κ3) is 4.81. The number of carbonyl (C=O) groups is 1. The zero-order valence-corrected chi connectivity index (χ0v) is 17.9. The fraction of sp³-hybridized carbons (Fsp3) is 0.450. The summed E-state index contributed by atoms with van der Waals surface area (Å²) in [6, 6.07) is 12.7. The lowest BCUT2D eigenvalue weighted by Crippen LogP contribution is -2.44. The number of nitrogens with one attached hydrogen (secondary N) is 1. The minimum absolute atomic E-state index is 0.0140.